The molecule has 1 amide bonds. The van der Waals surface area contributed by atoms with Crippen LogP contribution in [0.2, 0.25) is 0 Å². The molecule has 0 heterocycles. The van der Waals surface area contributed by atoms with E-state index in [0.29, 0.717) is 11.6 Å². The SMILES string of the molecule is COc1ccc(NC(=O)[C@H]2C[C@@H]2C)cc1OC(F)F. The minimum absolute atomic E-state index is 0.0153. The molecule has 1 aliphatic rings. The van der Waals surface area contributed by atoms with Crippen molar-refractivity contribution < 1.29 is 23.0 Å². The zero-order valence-electron chi connectivity index (χ0n) is 10.7. The first-order chi connectivity index (χ1) is 9.01. The first-order valence-electron chi connectivity index (χ1n) is 5.95. The monoisotopic (exact) mass is 271 g/mol. The Morgan fingerprint density at radius 1 is 1.42 bits per heavy atom. The lowest BCUT2D eigenvalue weighted by atomic mass is 10.2. The van der Waals surface area contributed by atoms with E-state index < -0.39 is 6.61 Å². The summed E-state index contributed by atoms with van der Waals surface area (Å²) in [4.78, 5) is 11.7. The average molecular weight is 271 g/mol. The van der Waals surface area contributed by atoms with Gasteiger partial charge in [-0.15, -0.1) is 0 Å². The van der Waals surface area contributed by atoms with Gasteiger partial charge in [-0.2, -0.15) is 8.78 Å². The van der Waals surface area contributed by atoms with Crippen LogP contribution in [0, 0.1) is 11.8 Å². The van der Waals surface area contributed by atoms with Crippen LogP contribution in [0.25, 0.3) is 0 Å². The number of hydrogen-bond acceptors (Lipinski definition) is 3. The summed E-state index contributed by atoms with van der Waals surface area (Å²) in [6.07, 6.45) is 0.863. The van der Waals surface area contributed by atoms with E-state index in [2.05, 4.69) is 10.1 Å². The maximum atomic E-state index is 12.3. The second kappa shape index (κ2) is 5.42. The van der Waals surface area contributed by atoms with E-state index >= 15 is 0 Å². The predicted molar refractivity (Wildman–Crippen MR) is 65.5 cm³/mol. The highest BCUT2D eigenvalue weighted by Crippen LogP contribution is 2.39. The van der Waals surface area contributed by atoms with E-state index in [4.69, 9.17) is 4.74 Å². The van der Waals surface area contributed by atoms with Gasteiger partial charge in [0.05, 0.1) is 7.11 Å². The summed E-state index contributed by atoms with van der Waals surface area (Å²) >= 11 is 0. The molecule has 0 aliphatic heterocycles. The van der Waals surface area contributed by atoms with Gasteiger partial charge in [0, 0.05) is 17.7 Å². The van der Waals surface area contributed by atoms with Gasteiger partial charge in [-0.05, 0) is 24.5 Å². The highest BCUT2D eigenvalue weighted by molar-refractivity contribution is 5.94. The number of benzene rings is 1. The summed E-state index contributed by atoms with van der Waals surface area (Å²) in [7, 11) is 1.36. The normalized spacial score (nSPS) is 21.1. The Morgan fingerprint density at radius 2 is 2.11 bits per heavy atom. The summed E-state index contributed by atoms with van der Waals surface area (Å²) in [5.74, 6) is 0.398. The third-order valence-corrected chi connectivity index (χ3v) is 3.09. The lowest BCUT2D eigenvalue weighted by Crippen LogP contribution is -2.14. The molecule has 19 heavy (non-hydrogen) atoms. The fraction of sp³-hybridized carbons (Fsp3) is 0.462. The molecule has 4 nitrogen and oxygen atoms in total. The first kappa shape index (κ1) is 13.6. The molecule has 6 heteroatoms. The number of ether oxygens (including phenoxy) is 2. The highest BCUT2D eigenvalue weighted by Gasteiger charge is 2.39. The van der Waals surface area contributed by atoms with Gasteiger partial charge in [-0.25, -0.2) is 0 Å². The maximum Gasteiger partial charge on any atom is 0.387 e. The molecule has 2 rings (SSSR count). The van der Waals surface area contributed by atoms with Crippen molar-refractivity contribution in [1.29, 1.82) is 0 Å². The van der Waals surface area contributed by atoms with E-state index in [9.17, 15) is 13.6 Å². The van der Waals surface area contributed by atoms with Crippen molar-refractivity contribution in [1.82, 2.24) is 0 Å². The van der Waals surface area contributed by atoms with Crippen LogP contribution in [-0.2, 0) is 4.79 Å². The van der Waals surface area contributed by atoms with Gasteiger partial charge in [-0.1, -0.05) is 6.92 Å². The van der Waals surface area contributed by atoms with Crippen LogP contribution >= 0.6 is 0 Å². The predicted octanol–water partition coefficient (Wildman–Crippen LogP) is 2.89. The van der Waals surface area contributed by atoms with Gasteiger partial charge in [-0.3, -0.25) is 4.79 Å². The van der Waals surface area contributed by atoms with Gasteiger partial charge in [0.25, 0.3) is 0 Å². The topological polar surface area (TPSA) is 47.6 Å². The molecule has 1 saturated carbocycles. The van der Waals surface area contributed by atoms with Gasteiger partial charge in [0.2, 0.25) is 5.91 Å². The Balaban J connectivity index is 2.10. The number of amides is 1. The zero-order chi connectivity index (χ0) is 14.0. The second-order valence-corrected chi connectivity index (χ2v) is 4.55. The van der Waals surface area contributed by atoms with Crippen LogP contribution in [-0.4, -0.2) is 19.6 Å². The van der Waals surface area contributed by atoms with Crippen LogP contribution in [0.5, 0.6) is 11.5 Å². The van der Waals surface area contributed by atoms with Gasteiger partial charge in [0.1, 0.15) is 0 Å². The largest absolute Gasteiger partial charge is 0.493 e. The number of nitrogens with one attached hydrogen (secondary N) is 1. The number of anilines is 1. The Labute approximate surface area is 109 Å². The molecule has 1 N–H and O–H groups in total. The van der Waals surface area contributed by atoms with Crippen LogP contribution < -0.4 is 14.8 Å². The van der Waals surface area contributed by atoms with Crippen molar-refractivity contribution in [2.75, 3.05) is 12.4 Å². The van der Waals surface area contributed by atoms with Gasteiger partial charge >= 0.3 is 6.61 Å². The number of carbonyl (C=O) groups is 1. The number of methoxy groups -OCH3 is 1. The molecule has 1 aromatic carbocycles. The van der Waals surface area contributed by atoms with E-state index in [1.807, 2.05) is 6.92 Å². The van der Waals surface area contributed by atoms with Crippen LogP contribution in [0.15, 0.2) is 18.2 Å². The van der Waals surface area contributed by atoms with Crippen LogP contribution in [0.4, 0.5) is 14.5 Å². The summed E-state index contributed by atoms with van der Waals surface area (Å²) in [6.45, 7) is -0.952. The van der Waals surface area contributed by atoms with E-state index in [1.165, 1.54) is 19.2 Å². The quantitative estimate of drug-likeness (QED) is 0.895. The van der Waals surface area contributed by atoms with E-state index in [-0.39, 0.29) is 23.3 Å². The lowest BCUT2D eigenvalue weighted by molar-refractivity contribution is -0.117. The van der Waals surface area contributed by atoms with Crippen molar-refractivity contribution in [2.24, 2.45) is 11.8 Å². The average Bonchev–Trinajstić information content (AvgIpc) is 3.06. The molecule has 0 bridgehead atoms. The van der Waals surface area contributed by atoms with Crippen molar-refractivity contribution in [3.8, 4) is 11.5 Å². The smallest absolute Gasteiger partial charge is 0.387 e. The van der Waals surface area contributed by atoms with E-state index in [0.717, 1.165) is 6.42 Å². The van der Waals surface area contributed by atoms with Gasteiger partial charge in [0.15, 0.2) is 11.5 Å². The number of alkyl halides is 2. The fourth-order valence-electron chi connectivity index (χ4n) is 1.86. The minimum atomic E-state index is -2.94. The molecule has 0 aromatic heterocycles. The van der Waals surface area contributed by atoms with Crippen molar-refractivity contribution >= 4 is 11.6 Å². The first-order valence-corrected chi connectivity index (χ1v) is 5.95. The number of carbonyl (C=O) groups excluding carboxylic acids is 1. The Morgan fingerprint density at radius 3 is 2.63 bits per heavy atom. The summed E-state index contributed by atoms with van der Waals surface area (Å²) < 4.78 is 33.8. The molecule has 0 radical (unpaired) electrons. The van der Waals surface area contributed by atoms with Crippen molar-refractivity contribution in [2.45, 2.75) is 20.0 Å². The van der Waals surface area contributed by atoms with Crippen LogP contribution in [0.1, 0.15) is 13.3 Å². The molecule has 0 spiro atoms. The molecule has 1 fully saturated rings. The third kappa shape index (κ3) is 3.33. The van der Waals surface area contributed by atoms with E-state index in [1.54, 1.807) is 6.07 Å². The number of halogens is 2. The summed E-state index contributed by atoms with van der Waals surface area (Å²) in [5.41, 5.74) is 0.417. The molecule has 0 unspecified atom stereocenters. The van der Waals surface area contributed by atoms with Crippen LogP contribution in [0.3, 0.4) is 0 Å². The lowest BCUT2D eigenvalue weighted by Gasteiger charge is -2.12. The highest BCUT2D eigenvalue weighted by atomic mass is 19.3. The van der Waals surface area contributed by atoms with Crippen molar-refractivity contribution in [3.63, 3.8) is 0 Å². The second-order valence-electron chi connectivity index (χ2n) is 4.55. The Hall–Kier alpha value is -1.85. The van der Waals surface area contributed by atoms with Crippen molar-refractivity contribution in [3.05, 3.63) is 18.2 Å². The third-order valence-electron chi connectivity index (χ3n) is 3.09. The zero-order valence-corrected chi connectivity index (χ0v) is 10.7. The summed E-state index contributed by atoms with van der Waals surface area (Å²) in [6, 6.07) is 4.39. The van der Waals surface area contributed by atoms with Gasteiger partial charge < -0.3 is 14.8 Å². The molecule has 1 aromatic rings. The number of hydrogen-bond donors (Lipinski definition) is 1. The standard InChI is InChI=1S/C13H15F2NO3/c1-7-5-9(7)12(17)16-8-3-4-10(18-2)11(6-8)19-13(14)15/h3-4,6-7,9,13H,5H2,1-2H3,(H,16,17)/t7-,9-/m0/s1. The molecule has 1 aliphatic carbocycles. The molecule has 104 valence electrons. The Bertz CT molecular complexity index is 479. The molecule has 2 atom stereocenters. The molecular weight excluding hydrogens is 256 g/mol. The molecule has 0 saturated heterocycles. The summed E-state index contributed by atoms with van der Waals surface area (Å²) in [5, 5.41) is 2.68. The Kier molecular flexibility index (Phi) is 3.87. The fourth-order valence-corrected chi connectivity index (χ4v) is 1.86. The maximum absolute atomic E-state index is 12.3. The number of rotatable bonds is 5. The molecular formula is C13H15F2NO3. The minimum Gasteiger partial charge on any atom is -0.493 e.